The highest BCUT2D eigenvalue weighted by atomic mass is 15.3. The molecule has 0 saturated heterocycles. The van der Waals surface area contributed by atoms with Crippen LogP contribution in [0.5, 0.6) is 0 Å². The fourth-order valence-electron chi connectivity index (χ4n) is 2.90. The first-order chi connectivity index (χ1) is 8.59. The average molecular weight is 242 g/mol. The van der Waals surface area contributed by atoms with Gasteiger partial charge in [0.2, 0.25) is 0 Å². The minimum Gasteiger partial charge on any atom is -0.383 e. The lowest BCUT2D eigenvalue weighted by atomic mass is 9.75. The van der Waals surface area contributed by atoms with E-state index in [2.05, 4.69) is 23.9 Å². The summed E-state index contributed by atoms with van der Waals surface area (Å²) in [4.78, 5) is 4.03. The van der Waals surface area contributed by atoms with Crippen molar-refractivity contribution in [1.82, 2.24) is 14.8 Å². The monoisotopic (exact) mass is 242 g/mol. The largest absolute Gasteiger partial charge is 0.383 e. The minimum atomic E-state index is 0.128. The van der Waals surface area contributed by atoms with E-state index in [-0.39, 0.29) is 5.41 Å². The predicted octanol–water partition coefficient (Wildman–Crippen LogP) is 2.46. The molecule has 0 atom stereocenters. The number of rotatable bonds is 1. The van der Waals surface area contributed by atoms with Crippen LogP contribution in [0.15, 0.2) is 24.5 Å². The molecule has 2 aromatic rings. The van der Waals surface area contributed by atoms with Crippen LogP contribution in [0.3, 0.4) is 0 Å². The zero-order chi connectivity index (χ0) is 12.8. The van der Waals surface area contributed by atoms with Crippen molar-refractivity contribution in [3.8, 4) is 5.69 Å². The first-order valence-electron chi connectivity index (χ1n) is 6.38. The van der Waals surface area contributed by atoms with E-state index in [1.165, 1.54) is 18.4 Å². The van der Waals surface area contributed by atoms with Gasteiger partial charge in [-0.1, -0.05) is 13.8 Å². The molecule has 0 amide bonds. The van der Waals surface area contributed by atoms with Crippen LogP contribution < -0.4 is 5.73 Å². The minimum absolute atomic E-state index is 0.128. The summed E-state index contributed by atoms with van der Waals surface area (Å²) in [6, 6.07) is 3.86. The summed E-state index contributed by atoms with van der Waals surface area (Å²) >= 11 is 0. The van der Waals surface area contributed by atoms with Gasteiger partial charge in [-0.15, -0.1) is 0 Å². The summed E-state index contributed by atoms with van der Waals surface area (Å²) in [7, 11) is 0. The first kappa shape index (κ1) is 11.3. The lowest BCUT2D eigenvalue weighted by Crippen LogP contribution is -2.24. The second-order valence-electron chi connectivity index (χ2n) is 5.56. The number of fused-ring (bicyclic) bond motifs is 1. The van der Waals surface area contributed by atoms with Crippen LogP contribution in [-0.4, -0.2) is 14.8 Å². The van der Waals surface area contributed by atoms with Crippen LogP contribution in [0.25, 0.3) is 5.69 Å². The Bertz CT molecular complexity index is 569. The molecule has 2 N–H and O–H groups in total. The summed E-state index contributed by atoms with van der Waals surface area (Å²) in [6.45, 7) is 4.50. The highest BCUT2D eigenvalue weighted by molar-refractivity contribution is 5.54. The summed E-state index contributed by atoms with van der Waals surface area (Å²) in [5.74, 6) is 0.779. The maximum Gasteiger partial charge on any atom is 0.131 e. The molecule has 0 aromatic carbocycles. The smallest absolute Gasteiger partial charge is 0.131 e. The molecule has 0 bridgehead atoms. The standard InChI is InChI=1S/C14H18N4/c1-14(2)7-3-4-11-12(14)13(15)18(17-11)10-5-8-16-9-6-10/h5-6,8-9H,3-4,7,15H2,1-2H3. The van der Waals surface area contributed by atoms with Gasteiger partial charge in [0.25, 0.3) is 0 Å². The van der Waals surface area contributed by atoms with Gasteiger partial charge in [-0.2, -0.15) is 5.10 Å². The Morgan fingerprint density at radius 1 is 1.28 bits per heavy atom. The Balaban J connectivity index is 2.18. The van der Waals surface area contributed by atoms with Crippen LogP contribution in [-0.2, 0) is 11.8 Å². The molecule has 3 rings (SSSR count). The molecule has 4 nitrogen and oxygen atoms in total. The molecule has 1 aliphatic rings. The molecule has 0 spiro atoms. The van der Waals surface area contributed by atoms with Crippen molar-refractivity contribution in [3.63, 3.8) is 0 Å². The van der Waals surface area contributed by atoms with Crippen molar-refractivity contribution in [1.29, 1.82) is 0 Å². The maximum atomic E-state index is 6.31. The van der Waals surface area contributed by atoms with E-state index in [0.29, 0.717) is 0 Å². The molecule has 94 valence electrons. The van der Waals surface area contributed by atoms with Crippen LogP contribution in [0, 0.1) is 0 Å². The quantitative estimate of drug-likeness (QED) is 0.835. The van der Waals surface area contributed by atoms with Crippen molar-refractivity contribution in [3.05, 3.63) is 35.8 Å². The summed E-state index contributed by atoms with van der Waals surface area (Å²) in [5, 5.41) is 4.68. The summed E-state index contributed by atoms with van der Waals surface area (Å²) in [6.07, 6.45) is 6.92. The van der Waals surface area contributed by atoms with Gasteiger partial charge in [-0.25, -0.2) is 4.68 Å². The third-order valence-corrected chi connectivity index (χ3v) is 3.79. The number of nitrogens with zero attached hydrogens (tertiary/aromatic N) is 3. The Labute approximate surface area is 107 Å². The van der Waals surface area contributed by atoms with Gasteiger partial charge in [-0.05, 0) is 36.8 Å². The van der Waals surface area contributed by atoms with Crippen molar-refractivity contribution in [2.75, 3.05) is 5.73 Å². The van der Waals surface area contributed by atoms with Crippen LogP contribution in [0.4, 0.5) is 5.82 Å². The zero-order valence-electron chi connectivity index (χ0n) is 10.8. The fraction of sp³-hybridized carbons (Fsp3) is 0.429. The third kappa shape index (κ3) is 1.60. The Kier molecular flexibility index (Phi) is 2.40. The number of nitrogens with two attached hydrogens (primary N) is 1. The van der Waals surface area contributed by atoms with Crippen molar-refractivity contribution in [2.45, 2.75) is 38.5 Å². The van der Waals surface area contributed by atoms with Gasteiger partial charge in [-0.3, -0.25) is 4.98 Å². The molecule has 0 saturated carbocycles. The zero-order valence-corrected chi connectivity index (χ0v) is 10.8. The lowest BCUT2D eigenvalue weighted by Gasteiger charge is -2.29. The van der Waals surface area contributed by atoms with E-state index in [9.17, 15) is 0 Å². The second kappa shape index (κ2) is 3.83. The number of hydrogen-bond donors (Lipinski definition) is 1. The molecule has 2 aromatic heterocycles. The Morgan fingerprint density at radius 2 is 2.00 bits per heavy atom. The van der Waals surface area contributed by atoms with E-state index in [4.69, 9.17) is 5.73 Å². The molecule has 2 heterocycles. The molecule has 0 fully saturated rings. The van der Waals surface area contributed by atoms with E-state index in [1.54, 1.807) is 12.4 Å². The van der Waals surface area contributed by atoms with Crippen LogP contribution in [0.1, 0.15) is 37.9 Å². The topological polar surface area (TPSA) is 56.7 Å². The van der Waals surface area contributed by atoms with E-state index < -0.39 is 0 Å². The third-order valence-electron chi connectivity index (χ3n) is 3.79. The molecule has 18 heavy (non-hydrogen) atoms. The summed E-state index contributed by atoms with van der Waals surface area (Å²) < 4.78 is 1.85. The molecule has 4 heteroatoms. The molecule has 0 unspecified atom stereocenters. The highest BCUT2D eigenvalue weighted by Gasteiger charge is 2.33. The van der Waals surface area contributed by atoms with Crippen molar-refractivity contribution in [2.24, 2.45) is 0 Å². The number of aromatic nitrogens is 3. The molecule has 0 aliphatic heterocycles. The number of anilines is 1. The average Bonchev–Trinajstić information content (AvgIpc) is 2.69. The van der Waals surface area contributed by atoms with Crippen molar-refractivity contribution >= 4 is 5.82 Å². The molecular formula is C14H18N4. The van der Waals surface area contributed by atoms with E-state index >= 15 is 0 Å². The molecule has 0 radical (unpaired) electrons. The summed E-state index contributed by atoms with van der Waals surface area (Å²) in [5.41, 5.74) is 9.80. The van der Waals surface area contributed by atoms with Crippen LogP contribution >= 0.6 is 0 Å². The van der Waals surface area contributed by atoms with E-state index in [0.717, 1.165) is 23.6 Å². The second-order valence-corrected chi connectivity index (χ2v) is 5.56. The maximum absolute atomic E-state index is 6.31. The van der Waals surface area contributed by atoms with Crippen molar-refractivity contribution < 1.29 is 0 Å². The van der Waals surface area contributed by atoms with Gasteiger partial charge in [0, 0.05) is 18.0 Å². The van der Waals surface area contributed by atoms with E-state index in [1.807, 2.05) is 16.8 Å². The number of nitrogen functional groups attached to an aromatic ring is 1. The number of hydrogen-bond acceptors (Lipinski definition) is 3. The molecule has 1 aliphatic carbocycles. The molecular weight excluding hydrogens is 224 g/mol. The number of aryl methyl sites for hydroxylation is 1. The lowest BCUT2D eigenvalue weighted by molar-refractivity contribution is 0.432. The highest BCUT2D eigenvalue weighted by Crippen LogP contribution is 2.40. The van der Waals surface area contributed by atoms with Crippen LogP contribution in [0.2, 0.25) is 0 Å². The Morgan fingerprint density at radius 3 is 2.67 bits per heavy atom. The van der Waals surface area contributed by atoms with Gasteiger partial charge in [0.1, 0.15) is 5.82 Å². The van der Waals surface area contributed by atoms with Gasteiger partial charge in [0.15, 0.2) is 0 Å². The SMILES string of the molecule is CC1(C)CCCc2nn(-c3ccncc3)c(N)c21. The van der Waals surface area contributed by atoms with Gasteiger partial charge in [0.05, 0.1) is 11.4 Å². The normalized spacial score (nSPS) is 17.4. The Hall–Kier alpha value is -1.84. The van der Waals surface area contributed by atoms with Gasteiger partial charge >= 0.3 is 0 Å². The predicted molar refractivity (Wildman–Crippen MR) is 71.7 cm³/mol. The fourth-order valence-corrected chi connectivity index (χ4v) is 2.90. The van der Waals surface area contributed by atoms with Gasteiger partial charge < -0.3 is 5.73 Å². The first-order valence-corrected chi connectivity index (χ1v) is 6.38. The number of pyridine rings is 1.